The number of ether oxygens (including phenoxy) is 1. The minimum absolute atomic E-state index is 0.311. The van der Waals surface area contributed by atoms with E-state index in [0.29, 0.717) is 17.2 Å². The molecular formula is C11H24O2Si. The minimum atomic E-state index is -1.56. The third-order valence-electron chi connectivity index (χ3n) is 3.30. The first-order chi connectivity index (χ1) is 6.22. The van der Waals surface area contributed by atoms with Gasteiger partial charge in [0.25, 0.3) is 0 Å². The molecule has 0 bridgehead atoms. The summed E-state index contributed by atoms with van der Waals surface area (Å²) in [4.78, 5) is 0. The number of rotatable bonds is 4. The molecule has 1 rings (SSSR count). The van der Waals surface area contributed by atoms with Crippen LogP contribution in [0.2, 0.25) is 18.1 Å². The van der Waals surface area contributed by atoms with Gasteiger partial charge in [-0.25, -0.2) is 0 Å². The normalized spacial score (nSPS) is 24.9. The molecule has 0 amide bonds. The van der Waals surface area contributed by atoms with Crippen LogP contribution in [0, 0.1) is 0 Å². The van der Waals surface area contributed by atoms with Crippen molar-refractivity contribution in [1.29, 1.82) is 0 Å². The van der Waals surface area contributed by atoms with Crippen molar-refractivity contribution in [3.63, 3.8) is 0 Å². The summed E-state index contributed by atoms with van der Waals surface area (Å²) < 4.78 is 11.4. The van der Waals surface area contributed by atoms with E-state index >= 15 is 0 Å². The monoisotopic (exact) mass is 216 g/mol. The lowest BCUT2D eigenvalue weighted by atomic mass is 10.2. The summed E-state index contributed by atoms with van der Waals surface area (Å²) in [5, 5.41) is 0.311. The second-order valence-electron chi connectivity index (χ2n) is 5.88. The first kappa shape index (κ1) is 12.2. The van der Waals surface area contributed by atoms with Crippen LogP contribution in [-0.4, -0.2) is 27.1 Å². The van der Waals surface area contributed by atoms with Crippen molar-refractivity contribution >= 4 is 8.32 Å². The third kappa shape index (κ3) is 3.37. The average Bonchev–Trinajstić information content (AvgIpc) is 2.66. The average molecular weight is 216 g/mol. The Morgan fingerprint density at radius 1 is 1.43 bits per heavy atom. The van der Waals surface area contributed by atoms with Gasteiger partial charge in [0.2, 0.25) is 0 Å². The Labute approximate surface area is 89.1 Å². The maximum absolute atomic E-state index is 6.21. The smallest absolute Gasteiger partial charge is 0.192 e. The van der Waals surface area contributed by atoms with E-state index < -0.39 is 8.32 Å². The molecule has 0 spiro atoms. The molecule has 0 aromatic heterocycles. The third-order valence-corrected chi connectivity index (χ3v) is 7.90. The van der Waals surface area contributed by atoms with E-state index in [1.807, 2.05) is 0 Å². The van der Waals surface area contributed by atoms with Crippen LogP contribution in [0.15, 0.2) is 0 Å². The highest BCUT2D eigenvalue weighted by atomic mass is 28.4. The van der Waals surface area contributed by atoms with Crippen LogP contribution in [-0.2, 0) is 9.16 Å². The van der Waals surface area contributed by atoms with Gasteiger partial charge in [0.1, 0.15) is 0 Å². The highest BCUT2D eigenvalue weighted by Crippen LogP contribution is 2.38. The number of hydrogen-bond acceptors (Lipinski definition) is 2. The molecular weight excluding hydrogens is 192 g/mol. The largest absolute Gasteiger partial charge is 0.414 e. The predicted molar refractivity (Wildman–Crippen MR) is 62.1 cm³/mol. The van der Waals surface area contributed by atoms with Crippen LogP contribution in [0.5, 0.6) is 0 Å². The molecule has 0 saturated carbocycles. The molecule has 84 valence electrons. The second-order valence-corrected chi connectivity index (χ2v) is 10.6. The molecule has 0 aliphatic carbocycles. The fourth-order valence-corrected chi connectivity index (χ4v) is 2.76. The highest BCUT2D eigenvalue weighted by Gasteiger charge is 2.39. The van der Waals surface area contributed by atoms with Gasteiger partial charge in [-0.1, -0.05) is 20.8 Å². The van der Waals surface area contributed by atoms with Gasteiger partial charge in [-0.15, -0.1) is 0 Å². The summed E-state index contributed by atoms with van der Waals surface area (Å²) in [5.41, 5.74) is 0. The zero-order chi connectivity index (χ0) is 11.0. The van der Waals surface area contributed by atoms with Crippen molar-refractivity contribution in [3.8, 4) is 0 Å². The summed E-state index contributed by atoms with van der Waals surface area (Å²) >= 11 is 0. The maximum Gasteiger partial charge on any atom is 0.192 e. The predicted octanol–water partition coefficient (Wildman–Crippen LogP) is 3.19. The van der Waals surface area contributed by atoms with Crippen molar-refractivity contribution in [3.05, 3.63) is 0 Å². The van der Waals surface area contributed by atoms with Gasteiger partial charge >= 0.3 is 0 Å². The number of epoxide rings is 1. The molecule has 1 saturated heterocycles. The van der Waals surface area contributed by atoms with Gasteiger partial charge in [-0.2, -0.15) is 0 Å². The first-order valence-corrected chi connectivity index (χ1v) is 8.42. The zero-order valence-electron chi connectivity index (χ0n) is 10.4. The van der Waals surface area contributed by atoms with E-state index in [4.69, 9.17) is 9.16 Å². The molecule has 3 heteroatoms. The van der Waals surface area contributed by atoms with Gasteiger partial charge in [0.05, 0.1) is 12.7 Å². The summed E-state index contributed by atoms with van der Waals surface area (Å²) in [6, 6.07) is 0. The minimum Gasteiger partial charge on any atom is -0.414 e. The Morgan fingerprint density at radius 3 is 2.29 bits per heavy atom. The van der Waals surface area contributed by atoms with Crippen LogP contribution >= 0.6 is 0 Å². The van der Waals surface area contributed by atoms with Crippen molar-refractivity contribution < 1.29 is 9.16 Å². The molecule has 2 nitrogen and oxygen atoms in total. The van der Waals surface area contributed by atoms with Gasteiger partial charge in [0, 0.05) is 12.5 Å². The SMILES string of the molecule is C[C@@H](CC1CO1)O[Si](C)(C)C(C)(C)C. The quantitative estimate of drug-likeness (QED) is 0.532. The van der Waals surface area contributed by atoms with E-state index in [-0.39, 0.29) is 0 Å². The van der Waals surface area contributed by atoms with Crippen LogP contribution in [0.25, 0.3) is 0 Å². The van der Waals surface area contributed by atoms with Crippen LogP contribution < -0.4 is 0 Å². The fraction of sp³-hybridized carbons (Fsp3) is 1.00. The second kappa shape index (κ2) is 3.95. The summed E-state index contributed by atoms with van der Waals surface area (Å²) in [7, 11) is -1.56. The molecule has 0 aromatic rings. The van der Waals surface area contributed by atoms with Crippen molar-refractivity contribution in [2.45, 2.75) is 64.5 Å². The topological polar surface area (TPSA) is 21.8 Å². The lowest BCUT2D eigenvalue weighted by molar-refractivity contribution is 0.175. The summed E-state index contributed by atoms with van der Waals surface area (Å²) in [6.45, 7) is 14.5. The Hall–Kier alpha value is 0.137. The molecule has 1 aliphatic rings. The number of hydrogen-bond donors (Lipinski definition) is 0. The highest BCUT2D eigenvalue weighted by molar-refractivity contribution is 6.74. The van der Waals surface area contributed by atoms with Crippen LogP contribution in [0.3, 0.4) is 0 Å². The summed E-state index contributed by atoms with van der Waals surface area (Å²) in [6.07, 6.45) is 1.89. The molecule has 1 unspecified atom stereocenters. The van der Waals surface area contributed by atoms with Gasteiger partial charge < -0.3 is 9.16 Å². The molecule has 2 atom stereocenters. The van der Waals surface area contributed by atoms with Crippen molar-refractivity contribution in [1.82, 2.24) is 0 Å². The molecule has 1 aliphatic heterocycles. The van der Waals surface area contributed by atoms with E-state index in [2.05, 4.69) is 40.8 Å². The van der Waals surface area contributed by atoms with Crippen molar-refractivity contribution in [2.24, 2.45) is 0 Å². The lowest BCUT2D eigenvalue weighted by Crippen LogP contribution is -2.43. The Kier molecular flexibility index (Phi) is 3.44. The molecule has 0 N–H and O–H groups in total. The van der Waals surface area contributed by atoms with E-state index in [0.717, 1.165) is 13.0 Å². The van der Waals surface area contributed by atoms with Crippen LogP contribution in [0.4, 0.5) is 0 Å². The van der Waals surface area contributed by atoms with Gasteiger partial charge in [0.15, 0.2) is 8.32 Å². The van der Waals surface area contributed by atoms with Crippen LogP contribution in [0.1, 0.15) is 34.1 Å². The molecule has 0 radical (unpaired) electrons. The Morgan fingerprint density at radius 2 is 1.93 bits per heavy atom. The molecule has 0 aromatic carbocycles. The Balaban J connectivity index is 2.39. The van der Waals surface area contributed by atoms with Gasteiger partial charge in [-0.05, 0) is 25.1 Å². The molecule has 1 heterocycles. The zero-order valence-corrected chi connectivity index (χ0v) is 11.4. The summed E-state index contributed by atoms with van der Waals surface area (Å²) in [5.74, 6) is 0. The Bertz CT molecular complexity index is 192. The first-order valence-electron chi connectivity index (χ1n) is 5.52. The lowest BCUT2D eigenvalue weighted by Gasteiger charge is -2.38. The van der Waals surface area contributed by atoms with Crippen molar-refractivity contribution in [2.75, 3.05) is 6.61 Å². The fourth-order valence-electron chi connectivity index (χ4n) is 1.30. The van der Waals surface area contributed by atoms with E-state index in [1.165, 1.54) is 0 Å². The molecule has 14 heavy (non-hydrogen) atoms. The molecule has 1 fully saturated rings. The van der Waals surface area contributed by atoms with E-state index in [9.17, 15) is 0 Å². The standard InChI is InChI=1S/C11H24O2Si/c1-9(7-10-8-12-10)13-14(5,6)11(2,3)4/h9-10H,7-8H2,1-6H3/t9-,10?/m0/s1. The van der Waals surface area contributed by atoms with Gasteiger partial charge in [-0.3, -0.25) is 0 Å². The van der Waals surface area contributed by atoms with E-state index in [1.54, 1.807) is 0 Å². The maximum atomic E-state index is 6.21.